The highest BCUT2D eigenvalue weighted by molar-refractivity contribution is 5.92. The molecule has 1 aliphatic rings. The molecule has 0 unspecified atom stereocenters. The second-order valence-electron chi connectivity index (χ2n) is 6.30. The molecule has 22 heavy (non-hydrogen) atoms. The lowest BCUT2D eigenvalue weighted by Crippen LogP contribution is -2.13. The normalized spacial score (nSPS) is 15.9. The molecular weight excluding hydrogens is 276 g/mol. The van der Waals surface area contributed by atoms with Gasteiger partial charge in [-0.25, -0.2) is 4.98 Å². The summed E-state index contributed by atoms with van der Waals surface area (Å²) in [6, 6.07) is 8.01. The maximum absolute atomic E-state index is 5.87. The average molecular weight is 294 g/mol. The number of nitrogens with one attached hydrogen (secondary N) is 2. The summed E-state index contributed by atoms with van der Waals surface area (Å²) in [5, 5.41) is 11.4. The molecule has 6 heteroatoms. The summed E-state index contributed by atoms with van der Waals surface area (Å²) in [4.78, 5) is 8.72. The van der Waals surface area contributed by atoms with E-state index < -0.39 is 0 Å². The van der Waals surface area contributed by atoms with E-state index in [9.17, 15) is 0 Å². The van der Waals surface area contributed by atoms with Crippen LogP contribution in [0.15, 0.2) is 30.5 Å². The summed E-state index contributed by atoms with van der Waals surface area (Å²) in [5.74, 6) is 1.10. The number of nitrogens with two attached hydrogens (primary N) is 1. The third-order valence-electron chi connectivity index (χ3n) is 4.31. The summed E-state index contributed by atoms with van der Waals surface area (Å²) in [5.41, 5.74) is 9.10. The van der Waals surface area contributed by atoms with E-state index >= 15 is 0 Å². The van der Waals surface area contributed by atoms with Crippen LogP contribution in [0.2, 0.25) is 0 Å². The predicted octanol–water partition coefficient (Wildman–Crippen LogP) is 2.81. The Balaban J connectivity index is 1.74. The first-order valence-corrected chi connectivity index (χ1v) is 7.44. The molecular formula is C16H18N6. The molecule has 1 fully saturated rings. The third kappa shape index (κ3) is 2.36. The molecule has 0 amide bonds. The number of hydrogen-bond donors (Lipinski definition) is 3. The number of rotatable bonds is 4. The molecule has 1 aromatic carbocycles. The van der Waals surface area contributed by atoms with Crippen molar-refractivity contribution < 1.29 is 0 Å². The molecule has 112 valence electrons. The first kappa shape index (κ1) is 13.1. The van der Waals surface area contributed by atoms with Gasteiger partial charge in [0.05, 0.1) is 11.2 Å². The fourth-order valence-corrected chi connectivity index (χ4v) is 2.55. The van der Waals surface area contributed by atoms with Crippen molar-refractivity contribution in [1.82, 2.24) is 20.2 Å². The van der Waals surface area contributed by atoms with Crippen molar-refractivity contribution in [3.63, 3.8) is 0 Å². The predicted molar refractivity (Wildman–Crippen MR) is 87.4 cm³/mol. The number of hydrogen-bond acceptors (Lipinski definition) is 5. The monoisotopic (exact) mass is 294 g/mol. The lowest BCUT2D eigenvalue weighted by Gasteiger charge is -2.13. The van der Waals surface area contributed by atoms with Crippen LogP contribution in [0.3, 0.4) is 0 Å². The molecule has 2 heterocycles. The zero-order valence-electron chi connectivity index (χ0n) is 12.4. The molecule has 4 N–H and O–H groups in total. The van der Waals surface area contributed by atoms with Gasteiger partial charge in [-0.2, -0.15) is 10.1 Å². The maximum atomic E-state index is 5.87. The molecule has 3 aromatic rings. The standard InChI is InChI=1S/C16H18N6/c1-16(5-6-16)9-18-14-11-3-2-10(12-4-7-19-22-12)8-13(11)20-15(17)21-14/h2-4,7-8H,5-6,9H2,1H3,(H,19,22)(H3,17,18,20,21). The molecule has 0 radical (unpaired) electrons. The second-order valence-corrected chi connectivity index (χ2v) is 6.30. The van der Waals surface area contributed by atoms with E-state index in [1.807, 2.05) is 24.3 Å². The number of benzene rings is 1. The molecule has 0 saturated heterocycles. The largest absolute Gasteiger partial charge is 0.369 e. The first-order chi connectivity index (χ1) is 10.6. The molecule has 4 rings (SSSR count). The van der Waals surface area contributed by atoms with Gasteiger partial charge in [-0.15, -0.1) is 0 Å². The number of nitrogen functional groups attached to an aromatic ring is 1. The number of H-pyrrole nitrogens is 1. The van der Waals surface area contributed by atoms with Crippen LogP contribution >= 0.6 is 0 Å². The highest BCUT2D eigenvalue weighted by atomic mass is 15.1. The number of aromatic nitrogens is 4. The van der Waals surface area contributed by atoms with E-state index in [2.05, 4.69) is 32.4 Å². The van der Waals surface area contributed by atoms with Crippen LogP contribution in [0.5, 0.6) is 0 Å². The number of aromatic amines is 1. The molecule has 0 aliphatic heterocycles. The Morgan fingerprint density at radius 2 is 2.14 bits per heavy atom. The van der Waals surface area contributed by atoms with Crippen LogP contribution in [0, 0.1) is 5.41 Å². The fraction of sp³-hybridized carbons (Fsp3) is 0.312. The Bertz CT molecular complexity index is 820. The third-order valence-corrected chi connectivity index (χ3v) is 4.31. The van der Waals surface area contributed by atoms with Crippen molar-refractivity contribution in [2.24, 2.45) is 5.41 Å². The SMILES string of the molecule is CC1(CNc2nc(N)nc3cc(-c4ccn[nH]4)ccc23)CC1. The zero-order chi connectivity index (χ0) is 15.2. The van der Waals surface area contributed by atoms with Crippen molar-refractivity contribution in [3.8, 4) is 11.3 Å². The molecule has 1 aliphatic carbocycles. The lowest BCUT2D eigenvalue weighted by atomic mass is 10.1. The van der Waals surface area contributed by atoms with Crippen molar-refractivity contribution in [3.05, 3.63) is 30.5 Å². The van der Waals surface area contributed by atoms with E-state index in [4.69, 9.17) is 5.73 Å². The Morgan fingerprint density at radius 3 is 2.86 bits per heavy atom. The lowest BCUT2D eigenvalue weighted by molar-refractivity contribution is 0.610. The summed E-state index contributed by atoms with van der Waals surface area (Å²) in [6.07, 6.45) is 4.27. The number of fused-ring (bicyclic) bond motifs is 1. The van der Waals surface area contributed by atoms with Crippen molar-refractivity contribution in [2.75, 3.05) is 17.6 Å². The molecule has 0 atom stereocenters. The van der Waals surface area contributed by atoms with Gasteiger partial charge in [-0.3, -0.25) is 5.10 Å². The Kier molecular flexibility index (Phi) is 2.79. The van der Waals surface area contributed by atoms with Crippen LogP contribution in [-0.2, 0) is 0 Å². The minimum absolute atomic E-state index is 0.290. The Labute approximate surface area is 128 Å². The van der Waals surface area contributed by atoms with Crippen LogP contribution in [0.25, 0.3) is 22.2 Å². The van der Waals surface area contributed by atoms with Crippen molar-refractivity contribution in [1.29, 1.82) is 0 Å². The van der Waals surface area contributed by atoms with Gasteiger partial charge in [-0.1, -0.05) is 13.0 Å². The van der Waals surface area contributed by atoms with Gasteiger partial charge in [0.1, 0.15) is 5.82 Å². The van der Waals surface area contributed by atoms with Gasteiger partial charge in [0.15, 0.2) is 0 Å². The Morgan fingerprint density at radius 1 is 1.27 bits per heavy atom. The fourth-order valence-electron chi connectivity index (χ4n) is 2.55. The van der Waals surface area contributed by atoms with Gasteiger partial charge in [0, 0.05) is 23.7 Å². The highest BCUT2D eigenvalue weighted by Gasteiger charge is 2.36. The second kappa shape index (κ2) is 4.69. The van der Waals surface area contributed by atoms with E-state index in [1.165, 1.54) is 12.8 Å². The van der Waals surface area contributed by atoms with Crippen LogP contribution in [0.1, 0.15) is 19.8 Å². The summed E-state index contributed by atoms with van der Waals surface area (Å²) >= 11 is 0. The van der Waals surface area contributed by atoms with Crippen LogP contribution in [0.4, 0.5) is 11.8 Å². The summed E-state index contributed by atoms with van der Waals surface area (Å²) in [6.45, 7) is 3.20. The Hall–Kier alpha value is -2.63. The van der Waals surface area contributed by atoms with Gasteiger partial charge in [0.2, 0.25) is 5.95 Å². The summed E-state index contributed by atoms with van der Waals surface area (Å²) in [7, 11) is 0. The van der Waals surface area contributed by atoms with E-state index in [0.29, 0.717) is 5.41 Å². The smallest absolute Gasteiger partial charge is 0.222 e. The molecule has 2 aromatic heterocycles. The highest BCUT2D eigenvalue weighted by Crippen LogP contribution is 2.44. The van der Waals surface area contributed by atoms with Crippen molar-refractivity contribution in [2.45, 2.75) is 19.8 Å². The molecule has 1 saturated carbocycles. The van der Waals surface area contributed by atoms with Crippen LogP contribution < -0.4 is 11.1 Å². The van der Waals surface area contributed by atoms with E-state index in [1.54, 1.807) is 6.20 Å². The average Bonchev–Trinajstić information content (AvgIpc) is 3.02. The quantitative estimate of drug-likeness (QED) is 0.688. The summed E-state index contributed by atoms with van der Waals surface area (Å²) < 4.78 is 0. The topological polar surface area (TPSA) is 92.5 Å². The van der Waals surface area contributed by atoms with Crippen molar-refractivity contribution >= 4 is 22.7 Å². The molecule has 0 spiro atoms. The van der Waals surface area contributed by atoms with E-state index in [0.717, 1.165) is 34.5 Å². The minimum atomic E-state index is 0.290. The maximum Gasteiger partial charge on any atom is 0.222 e. The molecule has 0 bridgehead atoms. The zero-order valence-corrected chi connectivity index (χ0v) is 12.4. The molecule has 6 nitrogen and oxygen atoms in total. The van der Waals surface area contributed by atoms with Gasteiger partial charge < -0.3 is 11.1 Å². The first-order valence-electron chi connectivity index (χ1n) is 7.44. The number of nitrogens with zero attached hydrogens (tertiary/aromatic N) is 3. The van der Waals surface area contributed by atoms with Crippen LogP contribution in [-0.4, -0.2) is 26.7 Å². The van der Waals surface area contributed by atoms with E-state index in [-0.39, 0.29) is 5.95 Å². The minimum Gasteiger partial charge on any atom is -0.369 e. The number of anilines is 2. The van der Waals surface area contributed by atoms with Gasteiger partial charge in [-0.05, 0) is 36.5 Å². The van der Waals surface area contributed by atoms with Gasteiger partial charge >= 0.3 is 0 Å². The van der Waals surface area contributed by atoms with Gasteiger partial charge in [0.25, 0.3) is 0 Å².